The van der Waals surface area contributed by atoms with E-state index in [1.54, 1.807) is 13.0 Å². The predicted molar refractivity (Wildman–Crippen MR) is 110 cm³/mol. The molecule has 0 radical (unpaired) electrons. The first-order valence-electron chi connectivity index (χ1n) is 9.91. The van der Waals surface area contributed by atoms with Crippen LogP contribution >= 0.6 is 0 Å². The summed E-state index contributed by atoms with van der Waals surface area (Å²) in [7, 11) is 0. The van der Waals surface area contributed by atoms with Crippen LogP contribution in [0, 0.1) is 5.92 Å². The molecule has 0 aromatic heterocycles. The molecule has 8 nitrogen and oxygen atoms in total. The molecule has 0 bridgehead atoms. The van der Waals surface area contributed by atoms with Gasteiger partial charge in [-0.25, -0.2) is 4.79 Å². The molecule has 30 heavy (non-hydrogen) atoms. The Kier molecular flexibility index (Phi) is 4.93. The van der Waals surface area contributed by atoms with Crippen molar-refractivity contribution in [3.8, 4) is 0 Å². The average molecular weight is 409 g/mol. The Morgan fingerprint density at radius 2 is 1.90 bits per heavy atom. The molecule has 4 amide bonds. The van der Waals surface area contributed by atoms with Crippen molar-refractivity contribution in [1.82, 2.24) is 10.2 Å². The molecule has 2 aliphatic rings. The molecule has 1 saturated heterocycles. The number of nitrogens with zero attached hydrogens (tertiary/aromatic N) is 1. The lowest BCUT2D eigenvalue weighted by atomic mass is 9.96. The molecule has 4 rings (SSSR count). The average Bonchev–Trinajstić information content (AvgIpc) is 3.54. The maximum Gasteiger partial charge on any atom is 0.327 e. The molecule has 0 unspecified atom stereocenters. The highest BCUT2D eigenvalue weighted by molar-refractivity contribution is 6.09. The van der Waals surface area contributed by atoms with E-state index in [-0.39, 0.29) is 5.92 Å². The van der Waals surface area contributed by atoms with Crippen molar-refractivity contribution in [2.75, 3.05) is 11.9 Å². The Morgan fingerprint density at radius 1 is 1.20 bits per heavy atom. The summed E-state index contributed by atoms with van der Waals surface area (Å²) in [5.74, 6) is -1.65. The Balaban J connectivity index is 1.34. The fourth-order valence-electron chi connectivity index (χ4n) is 3.72. The number of hydrogen-bond donors (Lipinski definition) is 2. The van der Waals surface area contributed by atoms with Gasteiger partial charge in [0.15, 0.2) is 6.10 Å². The minimum atomic E-state index is -1.08. The second kappa shape index (κ2) is 7.44. The van der Waals surface area contributed by atoms with Gasteiger partial charge < -0.3 is 15.4 Å². The van der Waals surface area contributed by atoms with Crippen LogP contribution < -0.4 is 10.6 Å². The van der Waals surface area contributed by atoms with Gasteiger partial charge in [-0.3, -0.25) is 19.3 Å². The Morgan fingerprint density at radius 3 is 2.60 bits per heavy atom. The normalized spacial score (nSPS) is 22.0. The molecule has 156 valence electrons. The van der Waals surface area contributed by atoms with Crippen molar-refractivity contribution in [1.29, 1.82) is 0 Å². The summed E-state index contributed by atoms with van der Waals surface area (Å²) < 4.78 is 5.15. The van der Waals surface area contributed by atoms with Gasteiger partial charge in [-0.05, 0) is 55.5 Å². The fourth-order valence-corrected chi connectivity index (χ4v) is 3.72. The third kappa shape index (κ3) is 3.72. The van der Waals surface area contributed by atoms with Crippen LogP contribution in [0.25, 0.3) is 10.8 Å². The second-order valence-electron chi connectivity index (χ2n) is 7.98. The molecule has 1 aliphatic heterocycles. The molecule has 2 aromatic rings. The maximum absolute atomic E-state index is 12.6. The van der Waals surface area contributed by atoms with E-state index in [0.717, 1.165) is 28.5 Å². The lowest BCUT2D eigenvalue weighted by molar-refractivity contribution is -0.155. The quantitative estimate of drug-likeness (QED) is 0.563. The molecule has 2 aromatic carbocycles. The summed E-state index contributed by atoms with van der Waals surface area (Å²) in [6.45, 7) is 2.59. The zero-order valence-electron chi connectivity index (χ0n) is 16.8. The number of urea groups is 1. The van der Waals surface area contributed by atoms with Crippen molar-refractivity contribution >= 4 is 40.3 Å². The molecular weight excluding hydrogens is 386 g/mol. The van der Waals surface area contributed by atoms with Crippen LogP contribution in [0.5, 0.6) is 0 Å². The van der Waals surface area contributed by atoms with Gasteiger partial charge >= 0.3 is 12.0 Å². The summed E-state index contributed by atoms with van der Waals surface area (Å²) >= 11 is 0. The molecule has 1 heterocycles. The number of ether oxygens (including phenoxy) is 1. The number of esters is 1. The number of nitrogens with one attached hydrogen (secondary N) is 2. The summed E-state index contributed by atoms with van der Waals surface area (Å²) in [5, 5.41) is 7.39. The maximum atomic E-state index is 12.6. The second-order valence-corrected chi connectivity index (χ2v) is 7.98. The number of amides is 4. The predicted octanol–water partition coefficient (Wildman–Crippen LogP) is 2.43. The van der Waals surface area contributed by atoms with Gasteiger partial charge in [0.1, 0.15) is 12.1 Å². The van der Waals surface area contributed by atoms with Crippen molar-refractivity contribution in [2.24, 2.45) is 5.92 Å². The van der Waals surface area contributed by atoms with E-state index in [0.29, 0.717) is 5.69 Å². The van der Waals surface area contributed by atoms with Gasteiger partial charge in [0.2, 0.25) is 0 Å². The van der Waals surface area contributed by atoms with E-state index in [1.165, 1.54) is 6.92 Å². The van der Waals surface area contributed by atoms with Crippen molar-refractivity contribution in [2.45, 2.75) is 38.3 Å². The molecule has 1 aliphatic carbocycles. The SMILES string of the molecule is C[C@@H](OC(=O)CN1C(=O)N[C@@](C)(C2CC2)C1=O)C(=O)Nc1ccc2ccccc2c1. The zero-order valence-corrected chi connectivity index (χ0v) is 16.8. The molecule has 2 fully saturated rings. The van der Waals surface area contributed by atoms with Gasteiger partial charge in [-0.15, -0.1) is 0 Å². The van der Waals surface area contributed by atoms with Crippen LogP contribution in [-0.2, 0) is 19.1 Å². The number of fused-ring (bicyclic) bond motifs is 1. The van der Waals surface area contributed by atoms with Gasteiger partial charge in [-0.1, -0.05) is 30.3 Å². The van der Waals surface area contributed by atoms with Crippen LogP contribution in [0.15, 0.2) is 42.5 Å². The molecule has 2 atom stereocenters. The number of hydrogen-bond acceptors (Lipinski definition) is 5. The Labute approximate surface area is 173 Å². The van der Waals surface area contributed by atoms with Crippen LogP contribution in [0.1, 0.15) is 26.7 Å². The third-order valence-corrected chi connectivity index (χ3v) is 5.68. The van der Waals surface area contributed by atoms with Gasteiger partial charge in [0.25, 0.3) is 11.8 Å². The fraction of sp³-hybridized carbons (Fsp3) is 0.364. The lowest BCUT2D eigenvalue weighted by Crippen LogP contribution is -2.46. The van der Waals surface area contributed by atoms with E-state index in [9.17, 15) is 19.2 Å². The van der Waals surface area contributed by atoms with E-state index >= 15 is 0 Å². The highest BCUT2D eigenvalue weighted by Crippen LogP contribution is 2.42. The summed E-state index contributed by atoms with van der Waals surface area (Å²) in [4.78, 5) is 50.2. The van der Waals surface area contributed by atoms with Crippen LogP contribution in [0.2, 0.25) is 0 Å². The largest absolute Gasteiger partial charge is 0.451 e. The van der Waals surface area contributed by atoms with Crippen LogP contribution in [-0.4, -0.2) is 46.9 Å². The van der Waals surface area contributed by atoms with Gasteiger partial charge in [0, 0.05) is 5.69 Å². The first-order chi connectivity index (χ1) is 14.3. The molecule has 2 N–H and O–H groups in total. The molecular formula is C22H23N3O5. The smallest absolute Gasteiger partial charge is 0.327 e. The summed E-state index contributed by atoms with van der Waals surface area (Å²) in [5.41, 5.74) is -0.382. The minimum absolute atomic E-state index is 0.0987. The number of carbonyl (C=O) groups excluding carboxylic acids is 4. The lowest BCUT2D eigenvalue weighted by Gasteiger charge is -2.21. The van der Waals surface area contributed by atoms with E-state index in [4.69, 9.17) is 4.74 Å². The Hall–Kier alpha value is -3.42. The van der Waals surface area contributed by atoms with Crippen molar-refractivity contribution in [3.63, 3.8) is 0 Å². The van der Waals surface area contributed by atoms with Crippen LogP contribution in [0.3, 0.4) is 0 Å². The van der Waals surface area contributed by atoms with Gasteiger partial charge in [-0.2, -0.15) is 0 Å². The highest BCUT2D eigenvalue weighted by Gasteiger charge is 2.56. The number of carbonyl (C=O) groups is 4. The number of imide groups is 1. The van der Waals surface area contributed by atoms with Crippen LogP contribution in [0.4, 0.5) is 10.5 Å². The van der Waals surface area contributed by atoms with E-state index in [1.807, 2.05) is 36.4 Å². The van der Waals surface area contributed by atoms with E-state index in [2.05, 4.69) is 10.6 Å². The first-order valence-corrected chi connectivity index (χ1v) is 9.91. The van der Waals surface area contributed by atoms with Crippen molar-refractivity contribution < 1.29 is 23.9 Å². The third-order valence-electron chi connectivity index (χ3n) is 5.68. The standard InChI is InChI=1S/C22H23N3O5/c1-13(19(27)23-17-10-7-14-5-3-4-6-15(14)11-17)30-18(26)12-25-20(28)22(2,16-8-9-16)24-21(25)29/h3-7,10-11,13,16H,8-9,12H2,1-2H3,(H,23,27)(H,24,29)/t13-,22+/m1/s1. The van der Waals surface area contributed by atoms with Gasteiger partial charge in [0.05, 0.1) is 0 Å². The zero-order chi connectivity index (χ0) is 21.5. The molecule has 0 spiro atoms. The highest BCUT2D eigenvalue weighted by atomic mass is 16.5. The van der Waals surface area contributed by atoms with E-state index < -0.39 is 42.0 Å². The first kappa shape index (κ1) is 19.9. The monoisotopic (exact) mass is 409 g/mol. The molecule has 1 saturated carbocycles. The minimum Gasteiger partial charge on any atom is -0.451 e. The number of benzene rings is 2. The van der Waals surface area contributed by atoms with Crippen molar-refractivity contribution in [3.05, 3.63) is 42.5 Å². The summed E-state index contributed by atoms with van der Waals surface area (Å²) in [6, 6.07) is 12.6. The number of anilines is 1. The number of rotatable bonds is 6. The summed E-state index contributed by atoms with van der Waals surface area (Å²) in [6.07, 6.45) is 0.652. The topological polar surface area (TPSA) is 105 Å². The Bertz CT molecular complexity index is 1050. The molecule has 8 heteroatoms.